The average molecular weight is 802 g/mol. The Morgan fingerprint density at radius 2 is 0.651 bits per heavy atom. The zero-order valence-corrected chi connectivity index (χ0v) is 34.8. The van der Waals surface area contributed by atoms with E-state index >= 15 is 0 Å². The molecular weight excluding hydrogens is 759 g/mol. The molecule has 296 valence electrons. The van der Waals surface area contributed by atoms with Gasteiger partial charge in [0.25, 0.3) is 0 Å². The first-order valence-corrected chi connectivity index (χ1v) is 21.7. The summed E-state index contributed by atoms with van der Waals surface area (Å²) in [4.78, 5) is 2.40. The number of fused-ring (bicyclic) bond motifs is 3. The normalized spacial score (nSPS) is 11.2. The van der Waals surface area contributed by atoms with E-state index in [1.807, 2.05) is 0 Å². The summed E-state index contributed by atoms with van der Waals surface area (Å²) in [6, 6.07) is 94.6. The van der Waals surface area contributed by atoms with Crippen LogP contribution >= 0.6 is 0 Å². The number of hydrogen-bond acceptors (Lipinski definition) is 1. The van der Waals surface area contributed by atoms with Crippen molar-refractivity contribution in [3.63, 3.8) is 0 Å². The van der Waals surface area contributed by atoms with E-state index < -0.39 is 0 Å². The van der Waals surface area contributed by atoms with Gasteiger partial charge in [-0.1, -0.05) is 224 Å². The van der Waals surface area contributed by atoms with Gasteiger partial charge in [0.2, 0.25) is 0 Å². The lowest BCUT2D eigenvalue weighted by molar-refractivity contribution is 1.28. The fourth-order valence-corrected chi connectivity index (χ4v) is 9.15. The van der Waals surface area contributed by atoms with Crippen molar-refractivity contribution in [2.75, 3.05) is 4.90 Å². The van der Waals surface area contributed by atoms with Gasteiger partial charge in [-0.3, -0.25) is 0 Å². The molecule has 0 fully saturated rings. The quantitative estimate of drug-likeness (QED) is 0.131. The monoisotopic (exact) mass is 801 g/mol. The zero-order chi connectivity index (χ0) is 42.0. The van der Waals surface area contributed by atoms with Gasteiger partial charge in [0.1, 0.15) is 0 Å². The Morgan fingerprint density at radius 3 is 1.35 bits per heavy atom. The molecule has 0 saturated carbocycles. The Kier molecular flexibility index (Phi) is 9.97. The molecule has 11 aromatic carbocycles. The first-order valence-electron chi connectivity index (χ1n) is 21.7. The first-order chi connectivity index (χ1) is 31.2. The molecule has 1 heteroatoms. The number of benzene rings is 11. The van der Waals surface area contributed by atoms with Crippen LogP contribution in [0.25, 0.3) is 88.3 Å². The van der Waals surface area contributed by atoms with Crippen molar-refractivity contribution in [1.29, 1.82) is 0 Å². The van der Waals surface area contributed by atoms with E-state index in [-0.39, 0.29) is 0 Å². The maximum atomic E-state index is 2.40. The Morgan fingerprint density at radius 1 is 0.206 bits per heavy atom. The second-order valence-corrected chi connectivity index (χ2v) is 16.1. The molecule has 0 saturated heterocycles. The number of hydrogen-bond donors (Lipinski definition) is 0. The lowest BCUT2D eigenvalue weighted by atomic mass is 9.91. The summed E-state index contributed by atoms with van der Waals surface area (Å²) >= 11 is 0. The van der Waals surface area contributed by atoms with Crippen LogP contribution in [0.15, 0.2) is 261 Å². The summed E-state index contributed by atoms with van der Waals surface area (Å²) in [7, 11) is 0. The van der Waals surface area contributed by atoms with Crippen LogP contribution in [0.4, 0.5) is 17.1 Å². The number of rotatable bonds is 9. The van der Waals surface area contributed by atoms with Crippen molar-refractivity contribution >= 4 is 38.6 Å². The van der Waals surface area contributed by atoms with E-state index in [0.717, 1.165) is 22.6 Å². The second-order valence-electron chi connectivity index (χ2n) is 16.1. The van der Waals surface area contributed by atoms with Crippen LogP contribution in [0.5, 0.6) is 0 Å². The van der Waals surface area contributed by atoms with Gasteiger partial charge < -0.3 is 4.90 Å². The van der Waals surface area contributed by atoms with Crippen LogP contribution < -0.4 is 4.90 Å². The van der Waals surface area contributed by atoms with E-state index in [0.29, 0.717) is 0 Å². The molecule has 1 nitrogen and oxygen atoms in total. The molecule has 11 aromatic rings. The van der Waals surface area contributed by atoms with E-state index in [1.165, 1.54) is 82.7 Å². The number of anilines is 3. The molecule has 0 atom stereocenters. The zero-order valence-electron chi connectivity index (χ0n) is 34.8. The summed E-state index contributed by atoms with van der Waals surface area (Å²) in [5.41, 5.74) is 17.6. The van der Waals surface area contributed by atoms with Crippen LogP contribution in [-0.2, 0) is 0 Å². The van der Waals surface area contributed by atoms with Gasteiger partial charge in [-0.2, -0.15) is 0 Å². The molecule has 0 aromatic heterocycles. The molecule has 0 unspecified atom stereocenters. The molecule has 0 radical (unpaired) electrons. The highest BCUT2D eigenvalue weighted by Gasteiger charge is 2.19. The van der Waals surface area contributed by atoms with Crippen molar-refractivity contribution in [3.8, 4) is 66.8 Å². The van der Waals surface area contributed by atoms with E-state index in [2.05, 4.69) is 266 Å². The van der Waals surface area contributed by atoms with Gasteiger partial charge in [0.15, 0.2) is 0 Å². The molecule has 0 N–H and O–H groups in total. The fourth-order valence-electron chi connectivity index (χ4n) is 9.15. The smallest absolute Gasteiger partial charge is 0.0540 e. The minimum atomic E-state index is 1.08. The molecular formula is C62H43N. The molecule has 0 spiro atoms. The maximum absolute atomic E-state index is 2.40. The third-order valence-electron chi connectivity index (χ3n) is 12.3. The summed E-state index contributed by atoms with van der Waals surface area (Å²) in [6.07, 6.45) is 0. The first kappa shape index (κ1) is 37.7. The maximum Gasteiger partial charge on any atom is 0.0540 e. The third-order valence-corrected chi connectivity index (χ3v) is 12.3. The van der Waals surface area contributed by atoms with Gasteiger partial charge in [-0.15, -0.1) is 0 Å². The van der Waals surface area contributed by atoms with Crippen molar-refractivity contribution < 1.29 is 0 Å². The molecule has 0 aliphatic heterocycles. The van der Waals surface area contributed by atoms with Crippen LogP contribution in [0.3, 0.4) is 0 Å². The molecule has 0 heterocycles. The Balaban J connectivity index is 1.01. The highest BCUT2D eigenvalue weighted by molar-refractivity contribution is 6.12. The van der Waals surface area contributed by atoms with Crippen LogP contribution in [0, 0.1) is 0 Å². The lowest BCUT2D eigenvalue weighted by Gasteiger charge is -2.28. The van der Waals surface area contributed by atoms with Crippen molar-refractivity contribution in [2.24, 2.45) is 0 Å². The lowest BCUT2D eigenvalue weighted by Crippen LogP contribution is -2.11. The number of nitrogens with zero attached hydrogens (tertiary/aromatic N) is 1. The van der Waals surface area contributed by atoms with E-state index in [4.69, 9.17) is 0 Å². The SMILES string of the molecule is c1ccc(-c2ccc(-c3ccccc3N(c3ccc(-c4ccc(-c5ccccc5)c(-c5ccccc5)c4)cc3)c3ccc(-c4cccc5c4ccc4ccccc45)cc3)cc2)cc1. The topological polar surface area (TPSA) is 3.24 Å². The van der Waals surface area contributed by atoms with E-state index in [9.17, 15) is 0 Å². The van der Waals surface area contributed by atoms with Crippen molar-refractivity contribution in [3.05, 3.63) is 261 Å². The summed E-state index contributed by atoms with van der Waals surface area (Å²) in [5, 5.41) is 5.07. The summed E-state index contributed by atoms with van der Waals surface area (Å²) in [6.45, 7) is 0. The molecule has 0 amide bonds. The van der Waals surface area contributed by atoms with Crippen molar-refractivity contribution in [1.82, 2.24) is 0 Å². The highest BCUT2D eigenvalue weighted by atomic mass is 15.1. The summed E-state index contributed by atoms with van der Waals surface area (Å²) < 4.78 is 0. The molecule has 11 rings (SSSR count). The molecule has 0 bridgehead atoms. The second kappa shape index (κ2) is 16.7. The number of para-hydroxylation sites is 1. The average Bonchev–Trinajstić information content (AvgIpc) is 3.37. The molecule has 0 aliphatic rings. The predicted molar refractivity (Wildman–Crippen MR) is 269 cm³/mol. The standard InChI is InChI=1S/C62H43N/c1-4-15-44(16-5-1)45-27-29-51(30-28-45)58-23-12-13-26-62(58)63(54-39-33-50(34-40-54)56-24-14-25-59-55-22-11-10-21-49(55)35-42-60(56)59)53-37-31-46(32-38-53)52-36-41-57(47-17-6-2-7-18-47)61(43-52)48-19-8-3-9-20-48/h1-43H. The minimum Gasteiger partial charge on any atom is -0.310 e. The molecule has 0 aliphatic carbocycles. The molecule has 63 heavy (non-hydrogen) atoms. The van der Waals surface area contributed by atoms with Crippen LogP contribution in [-0.4, -0.2) is 0 Å². The van der Waals surface area contributed by atoms with Crippen molar-refractivity contribution in [2.45, 2.75) is 0 Å². The van der Waals surface area contributed by atoms with Gasteiger partial charge in [0, 0.05) is 16.9 Å². The van der Waals surface area contributed by atoms with Gasteiger partial charge in [-0.05, 0) is 119 Å². The fraction of sp³-hybridized carbons (Fsp3) is 0. The Labute approximate surface area is 369 Å². The largest absolute Gasteiger partial charge is 0.310 e. The van der Waals surface area contributed by atoms with Gasteiger partial charge in [0.05, 0.1) is 5.69 Å². The van der Waals surface area contributed by atoms with Gasteiger partial charge in [-0.25, -0.2) is 0 Å². The van der Waals surface area contributed by atoms with Gasteiger partial charge >= 0.3 is 0 Å². The van der Waals surface area contributed by atoms with E-state index in [1.54, 1.807) is 0 Å². The highest BCUT2D eigenvalue weighted by Crippen LogP contribution is 2.43. The minimum absolute atomic E-state index is 1.08. The Bertz CT molecular complexity index is 3340. The van der Waals surface area contributed by atoms with Crippen LogP contribution in [0.1, 0.15) is 0 Å². The van der Waals surface area contributed by atoms with Crippen LogP contribution in [0.2, 0.25) is 0 Å². The summed E-state index contributed by atoms with van der Waals surface area (Å²) in [5.74, 6) is 0. The predicted octanol–water partition coefficient (Wildman–Crippen LogP) is 17.5. The third kappa shape index (κ3) is 7.37. The Hall–Kier alpha value is -8.26.